The molecule has 3 heteroatoms. The first-order chi connectivity index (χ1) is 7.91. The van der Waals surface area contributed by atoms with E-state index in [2.05, 4.69) is 25.8 Å². The summed E-state index contributed by atoms with van der Waals surface area (Å²) in [6, 6.07) is 3.73. The highest BCUT2D eigenvalue weighted by atomic mass is 16.1. The number of hydrogen-bond acceptors (Lipinski definition) is 2. The molecule has 1 atom stereocenters. The Hall–Kier alpha value is -1.56. The topological polar surface area (TPSA) is 56.6 Å². The van der Waals surface area contributed by atoms with Gasteiger partial charge in [0.05, 0.1) is 0 Å². The zero-order chi connectivity index (χ0) is 12.6. The Morgan fingerprint density at radius 1 is 1.47 bits per heavy atom. The van der Waals surface area contributed by atoms with Crippen LogP contribution in [0.3, 0.4) is 0 Å². The van der Waals surface area contributed by atoms with Gasteiger partial charge in [0.1, 0.15) is 11.6 Å². The molecule has 0 saturated heterocycles. The van der Waals surface area contributed by atoms with Gasteiger partial charge >= 0.3 is 0 Å². The molecule has 0 saturated carbocycles. The van der Waals surface area contributed by atoms with Crippen molar-refractivity contribution in [3.63, 3.8) is 0 Å². The number of nitrogens with one attached hydrogen (secondary N) is 1. The normalized spacial score (nSPS) is 19.5. The van der Waals surface area contributed by atoms with Crippen molar-refractivity contribution < 1.29 is 0 Å². The van der Waals surface area contributed by atoms with E-state index in [9.17, 15) is 4.79 Å². The van der Waals surface area contributed by atoms with Crippen molar-refractivity contribution >= 4 is 0 Å². The summed E-state index contributed by atoms with van der Waals surface area (Å²) in [5.74, 6) is 0.618. The Bertz CT molecular complexity index is 529. The predicted octanol–water partition coefficient (Wildman–Crippen LogP) is 2.40. The SMILES string of the molecule is CC(C)(C)[C@H]1CCc2[nH]c(=O)c(C#N)cc2C1. The second-order valence-corrected chi connectivity index (χ2v) is 5.93. The van der Waals surface area contributed by atoms with Crippen LogP contribution in [0, 0.1) is 22.7 Å². The van der Waals surface area contributed by atoms with Crippen LogP contribution in [0.5, 0.6) is 0 Å². The monoisotopic (exact) mass is 230 g/mol. The van der Waals surface area contributed by atoms with Crippen molar-refractivity contribution in [2.45, 2.75) is 40.0 Å². The lowest BCUT2D eigenvalue weighted by molar-refractivity contribution is 0.214. The lowest BCUT2D eigenvalue weighted by Gasteiger charge is -2.34. The molecule has 1 heterocycles. The van der Waals surface area contributed by atoms with Crippen LogP contribution in [0.25, 0.3) is 0 Å². The first-order valence-corrected chi connectivity index (χ1v) is 6.07. The molecule has 1 aromatic heterocycles. The van der Waals surface area contributed by atoms with Crippen LogP contribution >= 0.6 is 0 Å². The number of aromatic nitrogens is 1. The van der Waals surface area contributed by atoms with E-state index in [1.807, 2.05) is 6.07 Å². The van der Waals surface area contributed by atoms with Crippen molar-refractivity contribution in [3.05, 3.63) is 33.2 Å². The highest BCUT2D eigenvalue weighted by Gasteiger charge is 2.29. The lowest BCUT2D eigenvalue weighted by Crippen LogP contribution is -2.29. The number of pyridine rings is 1. The zero-order valence-corrected chi connectivity index (χ0v) is 10.6. The summed E-state index contributed by atoms with van der Waals surface area (Å²) >= 11 is 0. The van der Waals surface area contributed by atoms with E-state index in [4.69, 9.17) is 5.26 Å². The molecule has 0 aromatic carbocycles. The van der Waals surface area contributed by atoms with E-state index in [1.165, 1.54) is 0 Å². The molecule has 0 bridgehead atoms. The molecule has 2 rings (SSSR count). The Labute approximate surface area is 101 Å². The third kappa shape index (κ3) is 2.26. The number of rotatable bonds is 0. The molecule has 17 heavy (non-hydrogen) atoms. The fourth-order valence-electron chi connectivity index (χ4n) is 2.53. The van der Waals surface area contributed by atoms with Crippen LogP contribution in [0.1, 0.15) is 44.0 Å². The minimum absolute atomic E-state index is 0.235. The van der Waals surface area contributed by atoms with Crippen molar-refractivity contribution in [1.29, 1.82) is 5.26 Å². The summed E-state index contributed by atoms with van der Waals surface area (Å²) in [4.78, 5) is 14.4. The van der Waals surface area contributed by atoms with E-state index in [0.29, 0.717) is 5.92 Å². The summed E-state index contributed by atoms with van der Waals surface area (Å²) in [7, 11) is 0. The van der Waals surface area contributed by atoms with E-state index >= 15 is 0 Å². The molecule has 0 amide bonds. The molecule has 90 valence electrons. The number of hydrogen-bond donors (Lipinski definition) is 1. The maximum absolute atomic E-state index is 11.5. The van der Waals surface area contributed by atoms with Gasteiger partial charge < -0.3 is 4.98 Å². The Kier molecular flexibility index (Phi) is 2.82. The number of nitriles is 1. The second kappa shape index (κ2) is 4.03. The van der Waals surface area contributed by atoms with Crippen LogP contribution in [0.15, 0.2) is 10.9 Å². The molecule has 1 aliphatic rings. The summed E-state index contributed by atoms with van der Waals surface area (Å²) in [6.45, 7) is 6.75. The Morgan fingerprint density at radius 2 is 2.18 bits per heavy atom. The summed E-state index contributed by atoms with van der Waals surface area (Å²) in [5.41, 5.74) is 2.43. The van der Waals surface area contributed by atoms with Crippen LogP contribution < -0.4 is 5.56 Å². The Balaban J connectivity index is 2.39. The van der Waals surface area contributed by atoms with Gasteiger partial charge in [0.15, 0.2) is 0 Å². The minimum Gasteiger partial charge on any atom is -0.325 e. The predicted molar refractivity (Wildman–Crippen MR) is 66.7 cm³/mol. The van der Waals surface area contributed by atoms with Crippen LogP contribution in [-0.2, 0) is 12.8 Å². The van der Waals surface area contributed by atoms with Gasteiger partial charge in [0.2, 0.25) is 0 Å². The van der Waals surface area contributed by atoms with E-state index in [-0.39, 0.29) is 16.5 Å². The van der Waals surface area contributed by atoms with Gasteiger partial charge in [0.25, 0.3) is 5.56 Å². The fraction of sp³-hybridized carbons (Fsp3) is 0.571. The number of nitrogens with zero attached hydrogens (tertiary/aromatic N) is 1. The third-order valence-electron chi connectivity index (χ3n) is 3.77. The molecule has 1 aliphatic carbocycles. The van der Waals surface area contributed by atoms with Crippen LogP contribution in [0.2, 0.25) is 0 Å². The fourth-order valence-corrected chi connectivity index (χ4v) is 2.53. The lowest BCUT2D eigenvalue weighted by atomic mass is 9.71. The molecular formula is C14H18N2O. The van der Waals surface area contributed by atoms with Gasteiger partial charge in [-0.15, -0.1) is 0 Å². The maximum Gasteiger partial charge on any atom is 0.266 e. The number of aryl methyl sites for hydroxylation is 1. The molecule has 0 aliphatic heterocycles. The highest BCUT2D eigenvalue weighted by Crippen LogP contribution is 2.36. The van der Waals surface area contributed by atoms with Gasteiger partial charge in [-0.25, -0.2) is 0 Å². The second-order valence-electron chi connectivity index (χ2n) is 5.93. The molecule has 1 aromatic rings. The molecule has 0 spiro atoms. The molecule has 0 radical (unpaired) electrons. The first kappa shape index (κ1) is 11.9. The number of fused-ring (bicyclic) bond motifs is 1. The summed E-state index contributed by atoms with van der Waals surface area (Å²) in [5, 5.41) is 8.88. The molecule has 3 nitrogen and oxygen atoms in total. The minimum atomic E-state index is -0.250. The number of aromatic amines is 1. The summed E-state index contributed by atoms with van der Waals surface area (Å²) in [6.07, 6.45) is 2.99. The average molecular weight is 230 g/mol. The van der Waals surface area contributed by atoms with Crippen molar-refractivity contribution in [2.24, 2.45) is 11.3 Å². The quantitative estimate of drug-likeness (QED) is 0.744. The maximum atomic E-state index is 11.5. The Morgan fingerprint density at radius 3 is 2.76 bits per heavy atom. The third-order valence-corrected chi connectivity index (χ3v) is 3.77. The summed E-state index contributed by atoms with van der Waals surface area (Å²) < 4.78 is 0. The van der Waals surface area contributed by atoms with Crippen LogP contribution in [0.4, 0.5) is 0 Å². The zero-order valence-electron chi connectivity index (χ0n) is 10.6. The van der Waals surface area contributed by atoms with Crippen molar-refractivity contribution in [1.82, 2.24) is 4.98 Å². The van der Waals surface area contributed by atoms with Crippen molar-refractivity contribution in [3.8, 4) is 6.07 Å². The van der Waals surface area contributed by atoms with Gasteiger partial charge in [-0.05, 0) is 42.2 Å². The van der Waals surface area contributed by atoms with Gasteiger partial charge in [-0.2, -0.15) is 5.26 Å². The molecule has 0 fully saturated rings. The smallest absolute Gasteiger partial charge is 0.266 e. The molecule has 1 N–H and O–H groups in total. The van der Waals surface area contributed by atoms with Crippen molar-refractivity contribution in [2.75, 3.05) is 0 Å². The highest BCUT2D eigenvalue weighted by molar-refractivity contribution is 5.34. The van der Waals surface area contributed by atoms with Gasteiger partial charge in [0, 0.05) is 5.69 Å². The van der Waals surface area contributed by atoms with Gasteiger partial charge in [-0.3, -0.25) is 4.79 Å². The molecule has 0 unspecified atom stereocenters. The average Bonchev–Trinajstić information content (AvgIpc) is 2.26. The van der Waals surface area contributed by atoms with E-state index in [1.54, 1.807) is 6.07 Å². The largest absolute Gasteiger partial charge is 0.325 e. The molecular weight excluding hydrogens is 212 g/mol. The van der Waals surface area contributed by atoms with E-state index in [0.717, 1.165) is 30.5 Å². The van der Waals surface area contributed by atoms with E-state index < -0.39 is 0 Å². The standard InChI is InChI=1S/C14H18N2O/c1-14(2,3)11-4-5-12-9(7-11)6-10(8-15)13(17)16-12/h6,11H,4-5,7H2,1-3H3,(H,16,17)/t11-/m0/s1. The first-order valence-electron chi connectivity index (χ1n) is 6.07. The van der Waals surface area contributed by atoms with Crippen LogP contribution in [-0.4, -0.2) is 4.98 Å². The van der Waals surface area contributed by atoms with Gasteiger partial charge in [-0.1, -0.05) is 20.8 Å². The number of H-pyrrole nitrogens is 1.